The lowest BCUT2D eigenvalue weighted by Crippen LogP contribution is -2.26. The molecule has 0 amide bonds. The van der Waals surface area contributed by atoms with E-state index in [0.717, 1.165) is 39.9 Å². The number of phosphoric ester groups is 1. The van der Waals surface area contributed by atoms with Crippen molar-refractivity contribution in [1.29, 1.82) is 0 Å². The summed E-state index contributed by atoms with van der Waals surface area (Å²) in [5, 5.41) is 0. The number of ketones is 1. The number of alkyl halides is 2. The Morgan fingerprint density at radius 3 is 2.32 bits per heavy atom. The molecule has 5 nitrogen and oxygen atoms in total. The fourth-order valence-electron chi connectivity index (χ4n) is 3.12. The molecule has 0 bridgehead atoms. The van der Waals surface area contributed by atoms with E-state index in [2.05, 4.69) is 13.6 Å². The second kappa shape index (κ2) is 7.04. The van der Waals surface area contributed by atoms with E-state index in [9.17, 15) is 18.1 Å². The Balaban J connectivity index is 1.87. The topological polar surface area (TPSA) is 61.8 Å². The normalized spacial score (nSPS) is 26.9. The molecule has 0 spiro atoms. The van der Waals surface area contributed by atoms with E-state index >= 15 is 0 Å². The highest BCUT2D eigenvalue weighted by molar-refractivity contribution is 7.48. The van der Waals surface area contributed by atoms with Crippen LogP contribution < -0.4 is 0 Å². The second-order valence-electron chi connectivity index (χ2n) is 6.09. The van der Waals surface area contributed by atoms with Crippen molar-refractivity contribution in [1.82, 2.24) is 0 Å². The van der Waals surface area contributed by atoms with Crippen LogP contribution in [0, 0.1) is 17.8 Å². The minimum atomic E-state index is -4.27. The van der Waals surface area contributed by atoms with Crippen LogP contribution in [0.4, 0.5) is 8.78 Å². The van der Waals surface area contributed by atoms with Gasteiger partial charge in [-0.2, -0.15) is 8.78 Å². The Kier molecular flexibility index (Phi) is 5.75. The first-order chi connectivity index (χ1) is 10.3. The maximum atomic E-state index is 14.0. The molecule has 2 saturated carbocycles. The molecule has 0 radical (unpaired) electrons. The van der Waals surface area contributed by atoms with Gasteiger partial charge in [-0.25, -0.2) is 9.09 Å². The van der Waals surface area contributed by atoms with Crippen LogP contribution >= 0.6 is 7.82 Å². The number of rotatable bonds is 8. The monoisotopic (exact) mass is 340 g/mol. The lowest BCUT2D eigenvalue weighted by Gasteiger charge is -2.22. The van der Waals surface area contributed by atoms with Crippen LogP contribution in [0.25, 0.3) is 0 Å². The van der Waals surface area contributed by atoms with Crippen LogP contribution in [0.15, 0.2) is 0 Å². The summed E-state index contributed by atoms with van der Waals surface area (Å²) >= 11 is 0. The third kappa shape index (κ3) is 4.34. The molecule has 2 aliphatic carbocycles. The number of halogens is 2. The number of Topliss-reactive ketones (excluding diaryl/α,β-unsaturated/α-hetero) is 1. The summed E-state index contributed by atoms with van der Waals surface area (Å²) in [7, 11) is -2.33. The maximum absolute atomic E-state index is 14.0. The van der Waals surface area contributed by atoms with Crippen molar-refractivity contribution in [2.45, 2.75) is 51.1 Å². The standard InChI is InChI=1S/C14H23F2O5P/c1-19-22(18,20-2)21-14(15,16)12-9-11(12)13(17)8-10-6-4-3-5-7-10/h10-12H,3-9H2,1-2H3/t11-,12-/m0/s1. The van der Waals surface area contributed by atoms with Crippen LogP contribution in [-0.4, -0.2) is 26.1 Å². The molecule has 0 N–H and O–H groups in total. The third-order valence-electron chi connectivity index (χ3n) is 4.53. The zero-order valence-electron chi connectivity index (χ0n) is 12.9. The van der Waals surface area contributed by atoms with Gasteiger partial charge in [0.2, 0.25) is 0 Å². The van der Waals surface area contributed by atoms with Crippen LogP contribution in [-0.2, 0) is 22.9 Å². The van der Waals surface area contributed by atoms with Gasteiger partial charge in [0, 0.05) is 26.6 Å². The molecular formula is C14H23F2O5P. The van der Waals surface area contributed by atoms with Gasteiger partial charge in [0.1, 0.15) is 5.78 Å². The summed E-state index contributed by atoms with van der Waals surface area (Å²) in [5.74, 6) is -1.76. The first-order valence-electron chi connectivity index (χ1n) is 7.64. The van der Waals surface area contributed by atoms with Crippen molar-refractivity contribution in [3.63, 3.8) is 0 Å². The summed E-state index contributed by atoms with van der Waals surface area (Å²) in [6, 6.07) is 0. The Bertz CT molecular complexity index is 443. The van der Waals surface area contributed by atoms with Gasteiger partial charge in [-0.15, -0.1) is 0 Å². The predicted octanol–water partition coefficient (Wildman–Crippen LogP) is 4.17. The van der Waals surface area contributed by atoms with Gasteiger partial charge in [-0.1, -0.05) is 32.1 Å². The zero-order valence-corrected chi connectivity index (χ0v) is 13.8. The van der Waals surface area contributed by atoms with Gasteiger partial charge in [0.25, 0.3) is 0 Å². The average molecular weight is 340 g/mol. The SMILES string of the molecule is COP(=O)(OC)OC(F)(F)[C@H]1C[C@@H]1C(=O)CC1CCCCC1. The molecule has 2 fully saturated rings. The smallest absolute Gasteiger partial charge is 0.299 e. The minimum Gasteiger partial charge on any atom is -0.299 e. The van der Waals surface area contributed by atoms with Crippen LogP contribution in [0.3, 0.4) is 0 Å². The van der Waals surface area contributed by atoms with Crippen molar-refractivity contribution < 1.29 is 31.7 Å². The largest absolute Gasteiger partial charge is 0.479 e. The highest BCUT2D eigenvalue weighted by atomic mass is 31.2. The highest BCUT2D eigenvalue weighted by Crippen LogP contribution is 2.59. The van der Waals surface area contributed by atoms with E-state index < -0.39 is 25.8 Å². The summed E-state index contributed by atoms with van der Waals surface area (Å²) in [5.41, 5.74) is 0. The molecule has 0 heterocycles. The van der Waals surface area contributed by atoms with Crippen molar-refractivity contribution in [2.75, 3.05) is 14.2 Å². The molecular weight excluding hydrogens is 317 g/mol. The van der Waals surface area contributed by atoms with E-state index in [1.54, 1.807) is 0 Å². The summed E-state index contributed by atoms with van der Waals surface area (Å²) < 4.78 is 52.6. The lowest BCUT2D eigenvalue weighted by molar-refractivity contribution is -0.207. The van der Waals surface area contributed by atoms with E-state index in [1.165, 1.54) is 6.42 Å². The van der Waals surface area contributed by atoms with E-state index in [-0.39, 0.29) is 12.2 Å². The fourth-order valence-corrected chi connectivity index (χ4v) is 3.85. The Hall–Kier alpha value is -0.360. The number of phosphoric acid groups is 1. The van der Waals surface area contributed by atoms with Crippen molar-refractivity contribution in [2.24, 2.45) is 17.8 Å². The fraction of sp³-hybridized carbons (Fsp3) is 0.929. The molecule has 0 unspecified atom stereocenters. The molecule has 0 aromatic carbocycles. The van der Waals surface area contributed by atoms with Gasteiger partial charge in [0.15, 0.2) is 0 Å². The molecule has 2 aliphatic rings. The average Bonchev–Trinajstić information content (AvgIpc) is 3.29. The van der Waals surface area contributed by atoms with Gasteiger partial charge in [0.05, 0.1) is 5.92 Å². The first kappa shape index (κ1) is 18.0. The quantitative estimate of drug-likeness (QED) is 0.621. The van der Waals surface area contributed by atoms with Gasteiger partial charge >= 0.3 is 13.9 Å². The van der Waals surface area contributed by atoms with Gasteiger partial charge < -0.3 is 0 Å². The van der Waals surface area contributed by atoms with Crippen LogP contribution in [0.2, 0.25) is 0 Å². The van der Waals surface area contributed by atoms with Crippen molar-refractivity contribution >= 4 is 13.6 Å². The summed E-state index contributed by atoms with van der Waals surface area (Å²) in [6.45, 7) is 0. The molecule has 0 aliphatic heterocycles. The maximum Gasteiger partial charge on any atom is 0.479 e. The van der Waals surface area contributed by atoms with Crippen LogP contribution in [0.1, 0.15) is 44.9 Å². The van der Waals surface area contributed by atoms with E-state index in [4.69, 9.17) is 0 Å². The summed E-state index contributed by atoms with van der Waals surface area (Å²) in [4.78, 5) is 12.1. The number of hydrogen-bond donors (Lipinski definition) is 0. The Morgan fingerprint density at radius 1 is 1.18 bits per heavy atom. The zero-order chi connectivity index (χ0) is 16.4. The minimum absolute atomic E-state index is 0.0615. The second-order valence-corrected chi connectivity index (χ2v) is 7.90. The third-order valence-corrected chi connectivity index (χ3v) is 5.89. The highest BCUT2D eigenvalue weighted by Gasteiger charge is 2.61. The Labute approximate surface area is 129 Å². The molecule has 22 heavy (non-hydrogen) atoms. The first-order valence-corrected chi connectivity index (χ1v) is 9.10. The lowest BCUT2D eigenvalue weighted by atomic mass is 9.85. The number of carbonyl (C=O) groups excluding carboxylic acids is 1. The van der Waals surface area contributed by atoms with Crippen molar-refractivity contribution in [3.8, 4) is 0 Å². The van der Waals surface area contributed by atoms with Gasteiger partial charge in [-0.3, -0.25) is 13.8 Å². The number of hydrogen-bond acceptors (Lipinski definition) is 5. The van der Waals surface area contributed by atoms with E-state index in [1.807, 2.05) is 0 Å². The van der Waals surface area contributed by atoms with Gasteiger partial charge in [-0.05, 0) is 12.3 Å². The molecule has 0 aromatic heterocycles. The molecule has 8 heteroatoms. The molecule has 2 rings (SSSR count). The van der Waals surface area contributed by atoms with Crippen molar-refractivity contribution in [3.05, 3.63) is 0 Å². The Morgan fingerprint density at radius 2 is 1.77 bits per heavy atom. The molecule has 2 atom stereocenters. The number of carbonyl (C=O) groups is 1. The molecule has 128 valence electrons. The summed E-state index contributed by atoms with van der Waals surface area (Å²) in [6.07, 6.45) is 2.14. The predicted molar refractivity (Wildman–Crippen MR) is 75.5 cm³/mol. The van der Waals surface area contributed by atoms with Crippen LogP contribution in [0.5, 0.6) is 0 Å². The molecule has 0 saturated heterocycles. The van der Waals surface area contributed by atoms with E-state index in [0.29, 0.717) is 12.3 Å². The molecule has 0 aromatic rings.